The zero-order chi connectivity index (χ0) is 15.9. The maximum atomic E-state index is 10.2. The molecule has 124 valence electrons. The first-order valence-electron chi connectivity index (χ1n) is 8.71. The third-order valence-electron chi connectivity index (χ3n) is 4.47. The second kappa shape index (κ2) is 8.54. The molecule has 0 aliphatic heterocycles. The van der Waals surface area contributed by atoms with E-state index in [0.717, 1.165) is 5.75 Å². The minimum atomic E-state index is -0.456. The fourth-order valence-electron chi connectivity index (χ4n) is 3.10. The summed E-state index contributed by atoms with van der Waals surface area (Å²) in [6.45, 7) is 7.37. The average molecular weight is 305 g/mol. The number of aliphatic hydroxyl groups excluding tert-OH is 1. The highest BCUT2D eigenvalue weighted by atomic mass is 16.5. The molecule has 1 aliphatic carbocycles. The molecule has 2 N–H and O–H groups in total. The molecular weight excluding hydrogens is 274 g/mol. The van der Waals surface area contributed by atoms with E-state index in [1.807, 2.05) is 0 Å². The Kier molecular flexibility index (Phi) is 6.71. The second-order valence-electron chi connectivity index (χ2n) is 6.90. The Balaban J connectivity index is 1.80. The molecule has 1 fully saturated rings. The van der Waals surface area contributed by atoms with Gasteiger partial charge in [0.1, 0.15) is 18.5 Å². The monoisotopic (exact) mass is 305 g/mol. The summed E-state index contributed by atoms with van der Waals surface area (Å²) in [5.41, 5.74) is 2.40. The lowest BCUT2D eigenvalue weighted by atomic mass is 9.95. The van der Waals surface area contributed by atoms with Crippen molar-refractivity contribution in [3.05, 3.63) is 29.3 Å². The first kappa shape index (κ1) is 17.3. The molecule has 2 rings (SSSR count). The molecule has 0 aromatic heterocycles. The van der Waals surface area contributed by atoms with E-state index >= 15 is 0 Å². The van der Waals surface area contributed by atoms with Gasteiger partial charge in [0.25, 0.3) is 0 Å². The van der Waals surface area contributed by atoms with Crippen molar-refractivity contribution in [1.82, 2.24) is 5.32 Å². The Hall–Kier alpha value is -1.06. The molecule has 1 aliphatic rings. The Morgan fingerprint density at radius 1 is 1.23 bits per heavy atom. The van der Waals surface area contributed by atoms with Crippen molar-refractivity contribution >= 4 is 0 Å². The number of ether oxygens (including phenoxy) is 1. The van der Waals surface area contributed by atoms with Gasteiger partial charge in [-0.15, -0.1) is 0 Å². The van der Waals surface area contributed by atoms with Crippen LogP contribution >= 0.6 is 0 Å². The summed E-state index contributed by atoms with van der Waals surface area (Å²) in [5.74, 6) is 1.33. The number of rotatable bonds is 7. The topological polar surface area (TPSA) is 41.5 Å². The lowest BCUT2D eigenvalue weighted by Gasteiger charge is -2.24. The third kappa shape index (κ3) is 5.29. The van der Waals surface area contributed by atoms with Gasteiger partial charge in [-0.2, -0.15) is 0 Å². The summed E-state index contributed by atoms with van der Waals surface area (Å²) in [6.07, 6.45) is 6.00. The number of hydrogen-bond acceptors (Lipinski definition) is 3. The molecule has 0 heterocycles. The zero-order valence-electron chi connectivity index (χ0n) is 14.3. The molecule has 3 heteroatoms. The predicted molar refractivity (Wildman–Crippen MR) is 91.6 cm³/mol. The van der Waals surface area contributed by atoms with E-state index < -0.39 is 6.10 Å². The van der Waals surface area contributed by atoms with Gasteiger partial charge < -0.3 is 15.2 Å². The van der Waals surface area contributed by atoms with Crippen molar-refractivity contribution in [2.75, 3.05) is 13.2 Å². The van der Waals surface area contributed by atoms with Crippen LogP contribution < -0.4 is 10.1 Å². The van der Waals surface area contributed by atoms with Gasteiger partial charge in [-0.3, -0.25) is 0 Å². The van der Waals surface area contributed by atoms with Gasteiger partial charge in [0.2, 0.25) is 0 Å². The van der Waals surface area contributed by atoms with Gasteiger partial charge in [0.05, 0.1) is 0 Å². The van der Waals surface area contributed by atoms with Gasteiger partial charge in [-0.25, -0.2) is 0 Å². The summed E-state index contributed by atoms with van der Waals surface area (Å²) in [4.78, 5) is 0. The van der Waals surface area contributed by atoms with E-state index in [9.17, 15) is 5.11 Å². The van der Waals surface area contributed by atoms with E-state index in [2.05, 4.69) is 44.3 Å². The highest BCUT2D eigenvalue weighted by molar-refractivity contribution is 5.39. The van der Waals surface area contributed by atoms with Gasteiger partial charge in [-0.05, 0) is 42.9 Å². The molecule has 0 amide bonds. The first-order chi connectivity index (χ1) is 10.6. The Morgan fingerprint density at radius 2 is 1.95 bits per heavy atom. The lowest BCUT2D eigenvalue weighted by molar-refractivity contribution is 0.101. The van der Waals surface area contributed by atoms with Crippen molar-refractivity contribution in [2.24, 2.45) is 0 Å². The fraction of sp³-hybridized carbons (Fsp3) is 0.684. The van der Waals surface area contributed by atoms with Crippen LogP contribution in [0.1, 0.15) is 63.0 Å². The van der Waals surface area contributed by atoms with E-state index in [1.54, 1.807) is 0 Å². The predicted octanol–water partition coefficient (Wildman–Crippen LogP) is 3.78. The summed E-state index contributed by atoms with van der Waals surface area (Å²) in [6, 6.07) is 6.88. The van der Waals surface area contributed by atoms with Crippen LogP contribution in [-0.4, -0.2) is 30.4 Å². The maximum Gasteiger partial charge on any atom is 0.123 e. The van der Waals surface area contributed by atoms with Crippen LogP contribution in [0.3, 0.4) is 0 Å². The second-order valence-corrected chi connectivity index (χ2v) is 6.90. The average Bonchev–Trinajstić information content (AvgIpc) is 2.51. The number of benzene rings is 1. The smallest absolute Gasteiger partial charge is 0.123 e. The SMILES string of the molecule is Cc1ccc(C(C)C)c(OC[C@H](O)CNC2CCCCC2)c1. The molecule has 1 saturated carbocycles. The van der Waals surface area contributed by atoms with Gasteiger partial charge in [-0.1, -0.05) is 45.2 Å². The molecule has 0 radical (unpaired) electrons. The number of aryl methyl sites for hydroxylation is 1. The summed E-state index contributed by atoms with van der Waals surface area (Å²) < 4.78 is 5.89. The molecule has 1 aromatic rings. The number of hydrogen-bond donors (Lipinski definition) is 2. The van der Waals surface area contributed by atoms with E-state index in [4.69, 9.17) is 4.74 Å². The zero-order valence-corrected chi connectivity index (χ0v) is 14.3. The van der Waals surface area contributed by atoms with Crippen LogP contribution in [0.2, 0.25) is 0 Å². The molecule has 0 saturated heterocycles. The van der Waals surface area contributed by atoms with E-state index in [1.165, 1.54) is 43.2 Å². The van der Waals surface area contributed by atoms with Crippen molar-refractivity contribution < 1.29 is 9.84 Å². The molecule has 0 unspecified atom stereocenters. The molecule has 22 heavy (non-hydrogen) atoms. The van der Waals surface area contributed by atoms with Crippen LogP contribution in [-0.2, 0) is 0 Å². The Morgan fingerprint density at radius 3 is 2.64 bits per heavy atom. The van der Waals surface area contributed by atoms with Gasteiger partial charge >= 0.3 is 0 Å². The van der Waals surface area contributed by atoms with Crippen LogP contribution in [0, 0.1) is 6.92 Å². The number of aliphatic hydroxyl groups is 1. The van der Waals surface area contributed by atoms with E-state index in [-0.39, 0.29) is 0 Å². The largest absolute Gasteiger partial charge is 0.491 e. The van der Waals surface area contributed by atoms with Crippen LogP contribution in [0.4, 0.5) is 0 Å². The van der Waals surface area contributed by atoms with Crippen LogP contribution in [0.5, 0.6) is 5.75 Å². The highest BCUT2D eigenvalue weighted by Gasteiger charge is 2.15. The summed E-state index contributed by atoms with van der Waals surface area (Å²) >= 11 is 0. The van der Waals surface area contributed by atoms with E-state index in [0.29, 0.717) is 25.1 Å². The molecule has 1 aromatic carbocycles. The fourth-order valence-corrected chi connectivity index (χ4v) is 3.10. The first-order valence-corrected chi connectivity index (χ1v) is 8.71. The minimum Gasteiger partial charge on any atom is -0.491 e. The van der Waals surface area contributed by atoms with Gasteiger partial charge in [0, 0.05) is 12.6 Å². The van der Waals surface area contributed by atoms with Crippen molar-refractivity contribution in [1.29, 1.82) is 0 Å². The van der Waals surface area contributed by atoms with Crippen molar-refractivity contribution in [2.45, 2.75) is 70.9 Å². The number of nitrogens with one attached hydrogen (secondary N) is 1. The Bertz CT molecular complexity index is 453. The lowest BCUT2D eigenvalue weighted by Crippen LogP contribution is -2.39. The molecule has 1 atom stereocenters. The molecule has 3 nitrogen and oxygen atoms in total. The standard InChI is InChI=1S/C19H31NO2/c1-14(2)18-10-9-15(3)11-19(18)22-13-17(21)12-20-16-7-5-4-6-8-16/h9-11,14,16-17,20-21H,4-8,12-13H2,1-3H3/t17-/m1/s1. The molecule has 0 bridgehead atoms. The summed E-state index contributed by atoms with van der Waals surface area (Å²) in [7, 11) is 0. The molecular formula is C19H31NO2. The van der Waals surface area contributed by atoms with Crippen LogP contribution in [0.15, 0.2) is 18.2 Å². The normalized spacial score (nSPS) is 17.7. The molecule has 0 spiro atoms. The third-order valence-corrected chi connectivity index (χ3v) is 4.47. The van der Waals surface area contributed by atoms with Gasteiger partial charge in [0.15, 0.2) is 0 Å². The highest BCUT2D eigenvalue weighted by Crippen LogP contribution is 2.27. The Labute approximate surface area is 135 Å². The van der Waals surface area contributed by atoms with Crippen molar-refractivity contribution in [3.8, 4) is 5.75 Å². The summed E-state index contributed by atoms with van der Waals surface area (Å²) in [5, 5.41) is 13.6. The quantitative estimate of drug-likeness (QED) is 0.805. The minimum absolute atomic E-state index is 0.350. The van der Waals surface area contributed by atoms with Crippen molar-refractivity contribution in [3.63, 3.8) is 0 Å². The maximum absolute atomic E-state index is 10.2. The van der Waals surface area contributed by atoms with Crippen LogP contribution in [0.25, 0.3) is 0 Å².